The normalized spacial score (nSPS) is 12.1. The largest absolute Gasteiger partial charge is 0.395 e. The minimum absolute atomic E-state index is 0.145. The maximum absolute atomic E-state index is 9.31. The van der Waals surface area contributed by atoms with Crippen LogP contribution in [0.4, 0.5) is 0 Å². The molecule has 0 radical (unpaired) electrons. The fraction of sp³-hybridized carbons (Fsp3) is 0.538. The van der Waals surface area contributed by atoms with Crippen LogP contribution in [0, 0.1) is 0 Å². The number of hydrogen-bond acceptors (Lipinski definition) is 2. The molecule has 2 heteroatoms. The van der Waals surface area contributed by atoms with E-state index in [4.69, 9.17) is 0 Å². The van der Waals surface area contributed by atoms with Gasteiger partial charge in [-0.1, -0.05) is 39.8 Å². The lowest BCUT2D eigenvalue weighted by atomic mass is 9.86. The highest BCUT2D eigenvalue weighted by Gasteiger charge is 2.19. The molecule has 1 nitrogen and oxygen atoms in total. The number of aliphatic hydroxyl groups is 1. The third-order valence-corrected chi connectivity index (χ3v) is 3.38. The molecule has 0 bridgehead atoms. The van der Waals surface area contributed by atoms with Crippen LogP contribution >= 0.6 is 11.8 Å². The van der Waals surface area contributed by atoms with Crippen molar-refractivity contribution in [1.82, 2.24) is 0 Å². The van der Waals surface area contributed by atoms with Crippen molar-refractivity contribution in [1.29, 1.82) is 0 Å². The summed E-state index contributed by atoms with van der Waals surface area (Å²) in [5.74, 6) is 0. The quantitative estimate of drug-likeness (QED) is 0.790. The Labute approximate surface area is 96.9 Å². The van der Waals surface area contributed by atoms with Gasteiger partial charge >= 0.3 is 0 Å². The van der Waals surface area contributed by atoms with Gasteiger partial charge in [0.25, 0.3) is 0 Å². The Balaban J connectivity index is 2.92. The Morgan fingerprint density at radius 2 is 2.00 bits per heavy atom. The van der Waals surface area contributed by atoms with Crippen LogP contribution in [0.1, 0.15) is 33.3 Å². The van der Waals surface area contributed by atoms with E-state index in [0.717, 1.165) is 0 Å². The van der Waals surface area contributed by atoms with Gasteiger partial charge in [0.05, 0.1) is 6.61 Å². The zero-order valence-electron chi connectivity index (χ0n) is 9.95. The van der Waals surface area contributed by atoms with Crippen molar-refractivity contribution in [3.05, 3.63) is 29.8 Å². The minimum atomic E-state index is -0.145. The van der Waals surface area contributed by atoms with Gasteiger partial charge in [-0.05, 0) is 17.7 Å². The van der Waals surface area contributed by atoms with E-state index in [-0.39, 0.29) is 12.0 Å². The predicted octanol–water partition coefficient (Wildman–Crippen LogP) is 3.46. The Morgan fingerprint density at radius 1 is 1.33 bits per heavy atom. The van der Waals surface area contributed by atoms with Crippen molar-refractivity contribution in [2.45, 2.75) is 43.3 Å². The Kier molecular flexibility index (Phi) is 4.23. The van der Waals surface area contributed by atoms with Gasteiger partial charge in [0.2, 0.25) is 0 Å². The fourth-order valence-electron chi connectivity index (χ4n) is 1.35. The molecule has 84 valence electrons. The van der Waals surface area contributed by atoms with E-state index in [9.17, 15) is 5.11 Å². The van der Waals surface area contributed by atoms with Gasteiger partial charge in [-0.15, -0.1) is 11.8 Å². The lowest BCUT2D eigenvalue weighted by molar-refractivity contribution is 0.218. The van der Waals surface area contributed by atoms with Crippen LogP contribution in [-0.2, 0) is 5.41 Å². The zero-order chi connectivity index (χ0) is 11.5. The SMILES string of the molecule is CC(C)Sc1cccc(C(C)(C)CO)c1. The smallest absolute Gasteiger partial charge is 0.0522 e. The molecule has 15 heavy (non-hydrogen) atoms. The van der Waals surface area contributed by atoms with Gasteiger partial charge < -0.3 is 5.11 Å². The van der Waals surface area contributed by atoms with Crippen molar-refractivity contribution in [3.8, 4) is 0 Å². The van der Waals surface area contributed by atoms with Gasteiger partial charge in [-0.2, -0.15) is 0 Å². The monoisotopic (exact) mass is 224 g/mol. The van der Waals surface area contributed by atoms with Gasteiger partial charge in [0, 0.05) is 15.6 Å². The van der Waals surface area contributed by atoms with Crippen LogP contribution in [0.15, 0.2) is 29.2 Å². The Bertz CT molecular complexity index is 318. The first-order valence-corrected chi connectivity index (χ1v) is 6.22. The molecule has 0 fully saturated rings. The van der Waals surface area contributed by atoms with Crippen LogP contribution in [0.3, 0.4) is 0 Å². The van der Waals surface area contributed by atoms with Crippen molar-refractivity contribution < 1.29 is 5.11 Å². The van der Waals surface area contributed by atoms with Crippen molar-refractivity contribution in [2.75, 3.05) is 6.61 Å². The first kappa shape index (κ1) is 12.6. The number of aliphatic hydroxyl groups excluding tert-OH is 1. The first-order chi connectivity index (χ1) is 6.95. The number of thioether (sulfide) groups is 1. The molecule has 1 aromatic rings. The molecule has 0 aliphatic heterocycles. The topological polar surface area (TPSA) is 20.2 Å². The molecule has 0 heterocycles. The molecule has 0 saturated carbocycles. The van der Waals surface area contributed by atoms with E-state index in [1.54, 1.807) is 0 Å². The number of hydrogen-bond donors (Lipinski definition) is 1. The molecule has 1 rings (SSSR count). The lowest BCUT2D eigenvalue weighted by Crippen LogP contribution is -2.21. The zero-order valence-corrected chi connectivity index (χ0v) is 10.8. The molecule has 1 N–H and O–H groups in total. The number of benzene rings is 1. The Hall–Kier alpha value is -0.470. The second kappa shape index (κ2) is 5.04. The summed E-state index contributed by atoms with van der Waals surface area (Å²) in [6.45, 7) is 8.68. The summed E-state index contributed by atoms with van der Waals surface area (Å²) >= 11 is 1.86. The molecule has 0 aliphatic rings. The summed E-state index contributed by atoms with van der Waals surface area (Å²) < 4.78 is 0. The van der Waals surface area contributed by atoms with Gasteiger partial charge in [-0.25, -0.2) is 0 Å². The van der Waals surface area contributed by atoms with Gasteiger partial charge in [0.15, 0.2) is 0 Å². The highest BCUT2D eigenvalue weighted by atomic mass is 32.2. The third-order valence-electron chi connectivity index (χ3n) is 2.38. The second-order valence-electron chi connectivity index (χ2n) is 4.74. The van der Waals surface area contributed by atoms with E-state index >= 15 is 0 Å². The van der Waals surface area contributed by atoms with Crippen molar-refractivity contribution in [2.24, 2.45) is 0 Å². The van der Waals surface area contributed by atoms with Gasteiger partial charge in [0.1, 0.15) is 0 Å². The molecular weight excluding hydrogens is 204 g/mol. The predicted molar refractivity (Wildman–Crippen MR) is 67.5 cm³/mol. The molecule has 0 saturated heterocycles. The van der Waals surface area contributed by atoms with E-state index in [0.29, 0.717) is 5.25 Å². The molecule has 1 aromatic carbocycles. The maximum atomic E-state index is 9.31. The highest BCUT2D eigenvalue weighted by molar-refractivity contribution is 7.99. The van der Waals surface area contributed by atoms with E-state index in [1.165, 1.54) is 10.5 Å². The van der Waals surface area contributed by atoms with E-state index < -0.39 is 0 Å². The van der Waals surface area contributed by atoms with Crippen LogP contribution in [0.2, 0.25) is 0 Å². The van der Waals surface area contributed by atoms with Crippen LogP contribution in [0.5, 0.6) is 0 Å². The fourth-order valence-corrected chi connectivity index (χ4v) is 2.25. The summed E-state index contributed by atoms with van der Waals surface area (Å²) in [5, 5.41) is 9.91. The van der Waals surface area contributed by atoms with Crippen LogP contribution in [-0.4, -0.2) is 17.0 Å². The van der Waals surface area contributed by atoms with Crippen LogP contribution in [0.25, 0.3) is 0 Å². The van der Waals surface area contributed by atoms with Crippen LogP contribution < -0.4 is 0 Å². The molecular formula is C13H20OS. The van der Waals surface area contributed by atoms with E-state index in [1.807, 2.05) is 11.8 Å². The minimum Gasteiger partial charge on any atom is -0.395 e. The summed E-state index contributed by atoms with van der Waals surface area (Å²) in [7, 11) is 0. The number of rotatable bonds is 4. The molecule has 0 atom stereocenters. The third kappa shape index (κ3) is 3.54. The van der Waals surface area contributed by atoms with Crippen molar-refractivity contribution >= 4 is 11.8 Å². The summed E-state index contributed by atoms with van der Waals surface area (Å²) in [5.41, 5.74) is 1.06. The second-order valence-corrected chi connectivity index (χ2v) is 6.39. The summed E-state index contributed by atoms with van der Waals surface area (Å²) in [4.78, 5) is 1.28. The first-order valence-electron chi connectivity index (χ1n) is 5.34. The standard InChI is InChI=1S/C13H20OS/c1-10(2)15-12-7-5-6-11(8-12)13(3,4)9-14/h5-8,10,14H,9H2,1-4H3. The average molecular weight is 224 g/mol. The van der Waals surface area contributed by atoms with Gasteiger partial charge in [-0.3, -0.25) is 0 Å². The molecule has 0 aliphatic carbocycles. The highest BCUT2D eigenvalue weighted by Crippen LogP contribution is 2.28. The van der Waals surface area contributed by atoms with Crippen molar-refractivity contribution in [3.63, 3.8) is 0 Å². The molecule has 0 aromatic heterocycles. The maximum Gasteiger partial charge on any atom is 0.0522 e. The molecule has 0 spiro atoms. The Morgan fingerprint density at radius 3 is 2.53 bits per heavy atom. The van der Waals surface area contributed by atoms with E-state index in [2.05, 4.69) is 52.0 Å². The lowest BCUT2D eigenvalue weighted by Gasteiger charge is -2.22. The molecule has 0 amide bonds. The average Bonchev–Trinajstić information content (AvgIpc) is 2.17. The summed E-state index contributed by atoms with van der Waals surface area (Å²) in [6.07, 6.45) is 0. The summed E-state index contributed by atoms with van der Waals surface area (Å²) in [6, 6.07) is 8.46. The molecule has 0 unspecified atom stereocenters.